The molecule has 0 aliphatic rings. The lowest BCUT2D eigenvalue weighted by Gasteiger charge is -2.20. The van der Waals surface area contributed by atoms with Crippen LogP contribution in [-0.4, -0.2) is 36.0 Å². The molecule has 0 fully saturated rings. The van der Waals surface area contributed by atoms with Crippen molar-refractivity contribution < 1.29 is 19.1 Å². The fourth-order valence-electron chi connectivity index (χ4n) is 2.28. The van der Waals surface area contributed by atoms with E-state index in [0.717, 1.165) is 22.5 Å². The zero-order valence-electron chi connectivity index (χ0n) is 14.1. The van der Waals surface area contributed by atoms with E-state index in [2.05, 4.69) is 0 Å². The number of nitrogens with zero attached hydrogens (tertiary/aromatic N) is 1. The topological polar surface area (TPSA) is 55.8 Å². The molecule has 5 nitrogen and oxygen atoms in total. The van der Waals surface area contributed by atoms with Crippen molar-refractivity contribution in [2.45, 2.75) is 25.7 Å². The fourth-order valence-corrected chi connectivity index (χ4v) is 3.02. The highest BCUT2D eigenvalue weighted by molar-refractivity contribution is 8.13. The Kier molecular flexibility index (Phi) is 6.49. The van der Waals surface area contributed by atoms with Crippen molar-refractivity contribution in [3.63, 3.8) is 0 Å². The maximum absolute atomic E-state index is 12.4. The van der Waals surface area contributed by atoms with Crippen molar-refractivity contribution in [3.05, 3.63) is 36.4 Å². The van der Waals surface area contributed by atoms with Crippen LogP contribution in [0.15, 0.2) is 41.3 Å². The average molecular weight is 347 g/mol. The Morgan fingerprint density at radius 1 is 1.04 bits per heavy atom. The quantitative estimate of drug-likeness (QED) is 0.567. The van der Waals surface area contributed by atoms with Gasteiger partial charge >= 0.3 is 11.4 Å². The second kappa shape index (κ2) is 8.59. The Morgan fingerprint density at radius 2 is 1.75 bits per heavy atom. The number of rotatable bonds is 5. The van der Waals surface area contributed by atoms with Gasteiger partial charge in [0.05, 0.1) is 11.5 Å². The van der Waals surface area contributed by atoms with Crippen LogP contribution >= 0.6 is 11.8 Å². The van der Waals surface area contributed by atoms with Crippen LogP contribution in [0.4, 0.5) is 9.59 Å². The number of amides is 1. The average Bonchev–Trinajstić information content (AvgIpc) is 2.58. The first kappa shape index (κ1) is 18.1. The highest BCUT2D eigenvalue weighted by Crippen LogP contribution is 2.37. The van der Waals surface area contributed by atoms with Crippen LogP contribution in [0.1, 0.15) is 20.8 Å². The Labute approximate surface area is 145 Å². The van der Waals surface area contributed by atoms with Crippen molar-refractivity contribution >= 4 is 33.9 Å². The van der Waals surface area contributed by atoms with E-state index in [0.29, 0.717) is 30.3 Å². The third-order valence-corrected chi connectivity index (χ3v) is 4.34. The molecule has 2 aromatic carbocycles. The zero-order valence-corrected chi connectivity index (χ0v) is 14.9. The van der Waals surface area contributed by atoms with E-state index in [1.54, 1.807) is 17.9 Å². The molecule has 2 aromatic rings. The number of thioether (sulfide) groups is 1. The first-order chi connectivity index (χ1) is 11.6. The largest absolute Gasteiger partial charge is 0.458 e. The van der Waals surface area contributed by atoms with Crippen LogP contribution in [0.25, 0.3) is 10.8 Å². The molecule has 0 heterocycles. The van der Waals surface area contributed by atoms with Gasteiger partial charge in [0, 0.05) is 18.5 Å². The Hall–Kier alpha value is -2.21. The molecular formula is C18H21NO4S. The van der Waals surface area contributed by atoms with E-state index >= 15 is 0 Å². The summed E-state index contributed by atoms with van der Waals surface area (Å²) in [5, 5.41) is 1.30. The molecule has 1 amide bonds. The van der Waals surface area contributed by atoms with Crippen LogP contribution in [0, 0.1) is 0 Å². The van der Waals surface area contributed by atoms with Crippen LogP contribution in [-0.2, 0) is 4.74 Å². The molecule has 0 saturated carbocycles. The van der Waals surface area contributed by atoms with Crippen molar-refractivity contribution in [1.29, 1.82) is 0 Å². The smallest absolute Gasteiger partial charge is 0.415 e. The number of fused-ring (bicyclic) bond motifs is 1. The molecule has 0 aliphatic carbocycles. The van der Waals surface area contributed by atoms with Crippen molar-refractivity contribution in [2.75, 3.05) is 19.7 Å². The first-order valence-electron chi connectivity index (χ1n) is 7.93. The standard InChI is InChI=1S/C18H21NO4S/c1-4-19(5-2)17(20)23-16-14-10-8-7-9-13(14)11-12-15(16)24-18(21)22-6-3/h7-12H,4-6H2,1-3H3. The van der Waals surface area contributed by atoms with E-state index in [9.17, 15) is 9.59 Å². The zero-order chi connectivity index (χ0) is 17.5. The van der Waals surface area contributed by atoms with Gasteiger partial charge in [0.15, 0.2) is 5.75 Å². The predicted molar refractivity (Wildman–Crippen MR) is 95.8 cm³/mol. The number of hydrogen-bond acceptors (Lipinski definition) is 5. The van der Waals surface area contributed by atoms with Gasteiger partial charge in [-0.15, -0.1) is 0 Å². The van der Waals surface area contributed by atoms with E-state index in [-0.39, 0.29) is 0 Å². The summed E-state index contributed by atoms with van der Waals surface area (Å²) in [6.07, 6.45) is -0.429. The Balaban J connectivity index is 2.42. The molecule has 0 unspecified atom stereocenters. The summed E-state index contributed by atoms with van der Waals surface area (Å²) in [4.78, 5) is 26.3. The van der Waals surface area contributed by atoms with Gasteiger partial charge in [-0.3, -0.25) is 0 Å². The van der Waals surface area contributed by atoms with E-state index in [1.807, 2.05) is 44.2 Å². The molecule has 0 aliphatic heterocycles. The van der Waals surface area contributed by atoms with Crippen molar-refractivity contribution in [2.24, 2.45) is 0 Å². The van der Waals surface area contributed by atoms with Gasteiger partial charge in [-0.25, -0.2) is 9.59 Å². The number of carbonyl (C=O) groups excluding carboxylic acids is 2. The lowest BCUT2D eigenvalue weighted by atomic mass is 10.1. The second-order valence-corrected chi connectivity index (χ2v) is 5.92. The van der Waals surface area contributed by atoms with E-state index in [4.69, 9.17) is 9.47 Å². The van der Waals surface area contributed by atoms with Gasteiger partial charge in [-0.05, 0) is 44.0 Å². The lowest BCUT2D eigenvalue weighted by Crippen LogP contribution is -2.33. The SMILES string of the molecule is CCOC(=O)Sc1ccc2ccccc2c1OC(=O)N(CC)CC. The molecule has 0 atom stereocenters. The first-order valence-corrected chi connectivity index (χ1v) is 8.75. The third-order valence-electron chi connectivity index (χ3n) is 3.51. The molecule has 0 N–H and O–H groups in total. The van der Waals surface area contributed by atoms with E-state index in [1.165, 1.54) is 0 Å². The van der Waals surface area contributed by atoms with Gasteiger partial charge in [-0.1, -0.05) is 30.3 Å². The summed E-state index contributed by atoms with van der Waals surface area (Å²) in [5.41, 5.74) is 0. The summed E-state index contributed by atoms with van der Waals surface area (Å²) >= 11 is 0.922. The van der Waals surface area contributed by atoms with Crippen LogP contribution in [0.3, 0.4) is 0 Å². The third kappa shape index (κ3) is 4.20. The van der Waals surface area contributed by atoms with Crippen LogP contribution in [0.2, 0.25) is 0 Å². The minimum absolute atomic E-state index is 0.300. The normalized spacial score (nSPS) is 10.5. The van der Waals surface area contributed by atoms with Gasteiger partial charge < -0.3 is 14.4 Å². The molecule has 0 bridgehead atoms. The summed E-state index contributed by atoms with van der Waals surface area (Å²) < 4.78 is 10.6. The fraction of sp³-hybridized carbons (Fsp3) is 0.333. The highest BCUT2D eigenvalue weighted by atomic mass is 32.2. The van der Waals surface area contributed by atoms with Crippen LogP contribution < -0.4 is 4.74 Å². The predicted octanol–water partition coefficient (Wildman–Crippen LogP) is 4.93. The number of hydrogen-bond donors (Lipinski definition) is 0. The van der Waals surface area contributed by atoms with Gasteiger partial charge in [-0.2, -0.15) is 0 Å². The lowest BCUT2D eigenvalue weighted by molar-refractivity contribution is 0.156. The molecule has 0 radical (unpaired) electrons. The minimum Gasteiger partial charge on any atom is -0.458 e. The summed E-state index contributed by atoms with van der Waals surface area (Å²) in [7, 11) is 0. The molecule has 128 valence electrons. The van der Waals surface area contributed by atoms with Crippen molar-refractivity contribution in [3.8, 4) is 5.75 Å². The summed E-state index contributed by atoms with van der Waals surface area (Å²) in [6.45, 7) is 6.94. The summed E-state index contributed by atoms with van der Waals surface area (Å²) in [6, 6.07) is 11.3. The highest BCUT2D eigenvalue weighted by Gasteiger charge is 2.19. The molecule has 0 aromatic heterocycles. The maximum atomic E-state index is 12.4. The van der Waals surface area contributed by atoms with Gasteiger partial charge in [0.2, 0.25) is 0 Å². The van der Waals surface area contributed by atoms with E-state index < -0.39 is 11.4 Å². The number of benzene rings is 2. The Bertz CT molecular complexity index is 728. The van der Waals surface area contributed by atoms with Gasteiger partial charge in [0.25, 0.3) is 0 Å². The molecule has 0 spiro atoms. The molecule has 0 saturated heterocycles. The Morgan fingerprint density at radius 3 is 2.42 bits per heavy atom. The maximum Gasteiger partial charge on any atom is 0.415 e. The van der Waals surface area contributed by atoms with Gasteiger partial charge in [0.1, 0.15) is 0 Å². The minimum atomic E-state index is -0.429. The molecule has 2 rings (SSSR count). The molecular weight excluding hydrogens is 326 g/mol. The second-order valence-electron chi connectivity index (χ2n) is 4.94. The summed E-state index contributed by atoms with van der Waals surface area (Å²) in [5.74, 6) is 0.392. The number of carbonyl (C=O) groups is 2. The van der Waals surface area contributed by atoms with Crippen molar-refractivity contribution in [1.82, 2.24) is 4.90 Å². The number of ether oxygens (including phenoxy) is 2. The monoisotopic (exact) mass is 347 g/mol. The molecule has 6 heteroatoms. The molecule has 24 heavy (non-hydrogen) atoms. The van der Waals surface area contributed by atoms with Crippen LogP contribution in [0.5, 0.6) is 5.75 Å².